The molecule has 0 aliphatic carbocycles. The van der Waals surface area contributed by atoms with Gasteiger partial charge in [-0.2, -0.15) is 0 Å². The molecule has 1 saturated heterocycles. The Kier molecular flexibility index (Phi) is 3.56. The molecule has 1 aromatic carbocycles. The maximum Gasteiger partial charge on any atom is 0.0856 e. The fraction of sp³-hybridized carbons (Fsp3) is 0.400. The fourth-order valence-corrected chi connectivity index (χ4v) is 2.93. The molecule has 2 rings (SSSR count). The molecule has 1 heterocycles. The van der Waals surface area contributed by atoms with E-state index in [2.05, 4.69) is 4.90 Å². The van der Waals surface area contributed by atoms with E-state index in [-0.39, 0.29) is 0 Å². The summed E-state index contributed by atoms with van der Waals surface area (Å²) in [5, 5.41) is 1.80. The van der Waals surface area contributed by atoms with Gasteiger partial charge in [-0.15, -0.1) is 0 Å². The summed E-state index contributed by atoms with van der Waals surface area (Å²) in [4.78, 5) is 2.15. The van der Waals surface area contributed by atoms with Crippen molar-refractivity contribution in [2.24, 2.45) is 0 Å². The molecule has 0 bridgehead atoms. The molecule has 0 radical (unpaired) electrons. The minimum atomic E-state index is 0.379. The van der Waals surface area contributed by atoms with Gasteiger partial charge in [-0.1, -0.05) is 46.4 Å². The van der Waals surface area contributed by atoms with Gasteiger partial charge >= 0.3 is 0 Å². The minimum absolute atomic E-state index is 0.379. The maximum absolute atomic E-state index is 6.14. The van der Waals surface area contributed by atoms with Crippen LogP contribution in [0.5, 0.6) is 0 Å². The zero-order valence-corrected chi connectivity index (χ0v) is 10.9. The molecule has 0 amide bonds. The molecule has 1 fully saturated rings. The van der Waals surface area contributed by atoms with Crippen LogP contribution in [0.4, 0.5) is 5.69 Å². The zero-order valence-electron chi connectivity index (χ0n) is 7.86. The van der Waals surface area contributed by atoms with Crippen molar-refractivity contribution in [3.8, 4) is 0 Å². The van der Waals surface area contributed by atoms with Crippen molar-refractivity contribution in [3.05, 3.63) is 26.2 Å². The molecule has 1 aliphatic heterocycles. The first-order valence-corrected chi connectivity index (χ1v) is 6.20. The van der Waals surface area contributed by atoms with Crippen molar-refractivity contribution in [1.29, 1.82) is 0 Å². The second-order valence-corrected chi connectivity index (χ2v) is 5.08. The molecule has 1 nitrogen and oxygen atoms in total. The van der Waals surface area contributed by atoms with Gasteiger partial charge in [0.25, 0.3) is 0 Å². The van der Waals surface area contributed by atoms with E-state index in [0.29, 0.717) is 20.1 Å². The molecule has 0 N–H and O–H groups in total. The van der Waals surface area contributed by atoms with E-state index in [9.17, 15) is 0 Å². The van der Waals surface area contributed by atoms with Gasteiger partial charge in [0.15, 0.2) is 0 Å². The number of nitrogens with zero attached hydrogens (tertiary/aromatic N) is 1. The first-order valence-electron chi connectivity index (χ1n) is 4.69. The first-order chi connectivity index (χ1) is 7.11. The van der Waals surface area contributed by atoms with Gasteiger partial charge in [-0.3, -0.25) is 0 Å². The maximum atomic E-state index is 6.14. The third kappa shape index (κ3) is 2.16. The van der Waals surface area contributed by atoms with Crippen molar-refractivity contribution < 1.29 is 0 Å². The standard InChI is InChI=1S/C10H9Cl4N/c11-6-5-7(12)10(9(14)8(6)13)15-3-1-2-4-15/h5H,1-4H2. The van der Waals surface area contributed by atoms with Crippen LogP contribution in [0.15, 0.2) is 6.07 Å². The largest absolute Gasteiger partial charge is 0.369 e. The lowest BCUT2D eigenvalue weighted by atomic mass is 10.3. The highest BCUT2D eigenvalue weighted by atomic mass is 35.5. The molecule has 0 unspecified atom stereocenters. The topological polar surface area (TPSA) is 3.24 Å². The molecule has 0 aromatic heterocycles. The smallest absolute Gasteiger partial charge is 0.0856 e. The molecule has 5 heteroatoms. The number of rotatable bonds is 1. The van der Waals surface area contributed by atoms with Crippen molar-refractivity contribution in [1.82, 2.24) is 0 Å². The Morgan fingerprint density at radius 3 is 2.07 bits per heavy atom. The summed E-state index contributed by atoms with van der Waals surface area (Å²) in [6.07, 6.45) is 2.32. The molecule has 1 aromatic rings. The van der Waals surface area contributed by atoms with Crippen LogP contribution in [-0.2, 0) is 0 Å². The molecule has 0 spiro atoms. The summed E-state index contributed by atoms with van der Waals surface area (Å²) in [5.41, 5.74) is 0.810. The van der Waals surface area contributed by atoms with Gasteiger partial charge < -0.3 is 4.90 Å². The van der Waals surface area contributed by atoms with Crippen LogP contribution in [0.3, 0.4) is 0 Å². The molecular formula is C10H9Cl4N. The highest BCUT2D eigenvalue weighted by Gasteiger charge is 2.21. The molecule has 0 saturated carbocycles. The van der Waals surface area contributed by atoms with Crippen LogP contribution >= 0.6 is 46.4 Å². The summed E-state index contributed by atoms with van der Waals surface area (Å²) >= 11 is 24.1. The van der Waals surface area contributed by atoms with Gasteiger partial charge in [0.2, 0.25) is 0 Å². The number of hydrogen-bond donors (Lipinski definition) is 0. The average molecular weight is 285 g/mol. The van der Waals surface area contributed by atoms with Crippen LogP contribution < -0.4 is 4.90 Å². The number of benzene rings is 1. The van der Waals surface area contributed by atoms with Gasteiger partial charge in [0.1, 0.15) is 0 Å². The molecule has 1 aliphatic rings. The average Bonchev–Trinajstić information content (AvgIpc) is 2.68. The summed E-state index contributed by atoms with van der Waals surface area (Å²) in [6, 6.07) is 1.64. The zero-order chi connectivity index (χ0) is 11.0. The molecular weight excluding hydrogens is 276 g/mol. The lowest BCUT2D eigenvalue weighted by Crippen LogP contribution is -2.18. The summed E-state index contributed by atoms with van der Waals surface area (Å²) in [5.74, 6) is 0. The lowest BCUT2D eigenvalue weighted by Gasteiger charge is -2.21. The van der Waals surface area contributed by atoms with Crippen LogP contribution in [0.25, 0.3) is 0 Å². The Labute approximate surface area is 109 Å². The van der Waals surface area contributed by atoms with Gasteiger partial charge in [-0.25, -0.2) is 0 Å². The molecule has 15 heavy (non-hydrogen) atoms. The second kappa shape index (κ2) is 4.58. The Morgan fingerprint density at radius 1 is 0.867 bits per heavy atom. The highest BCUT2D eigenvalue weighted by Crippen LogP contribution is 2.43. The van der Waals surface area contributed by atoms with Gasteiger partial charge in [0, 0.05) is 13.1 Å². The van der Waals surface area contributed by atoms with Gasteiger partial charge in [0.05, 0.1) is 25.8 Å². The Hall–Kier alpha value is 0.180. The fourth-order valence-electron chi connectivity index (χ4n) is 1.79. The Balaban J connectivity index is 2.50. The van der Waals surface area contributed by atoms with Crippen LogP contribution in [0.2, 0.25) is 20.1 Å². The van der Waals surface area contributed by atoms with Crippen molar-refractivity contribution in [3.63, 3.8) is 0 Å². The monoisotopic (exact) mass is 283 g/mol. The van der Waals surface area contributed by atoms with Crippen molar-refractivity contribution in [2.75, 3.05) is 18.0 Å². The number of halogens is 4. The van der Waals surface area contributed by atoms with E-state index in [1.807, 2.05) is 0 Å². The first kappa shape index (κ1) is 11.7. The highest BCUT2D eigenvalue weighted by molar-refractivity contribution is 6.51. The summed E-state index contributed by atoms with van der Waals surface area (Å²) in [7, 11) is 0. The van der Waals surface area contributed by atoms with Crippen LogP contribution in [0, 0.1) is 0 Å². The van der Waals surface area contributed by atoms with Crippen molar-refractivity contribution >= 4 is 52.1 Å². The SMILES string of the molecule is Clc1cc(Cl)c(N2CCCC2)c(Cl)c1Cl. The predicted molar refractivity (Wildman–Crippen MR) is 67.9 cm³/mol. The van der Waals surface area contributed by atoms with E-state index in [0.717, 1.165) is 31.6 Å². The molecule has 82 valence electrons. The molecule has 0 atom stereocenters. The Bertz CT molecular complexity index is 385. The van der Waals surface area contributed by atoms with E-state index in [4.69, 9.17) is 46.4 Å². The van der Waals surface area contributed by atoms with E-state index >= 15 is 0 Å². The number of hydrogen-bond acceptors (Lipinski definition) is 1. The third-order valence-electron chi connectivity index (χ3n) is 2.51. The van der Waals surface area contributed by atoms with Crippen LogP contribution in [0.1, 0.15) is 12.8 Å². The summed E-state index contributed by atoms with van der Waals surface area (Å²) in [6.45, 7) is 1.94. The summed E-state index contributed by atoms with van der Waals surface area (Å²) < 4.78 is 0. The normalized spacial score (nSPS) is 16.1. The second-order valence-electron chi connectivity index (χ2n) is 3.51. The number of anilines is 1. The predicted octanol–water partition coefficient (Wildman–Crippen LogP) is 4.90. The quantitative estimate of drug-likeness (QED) is 0.524. The van der Waals surface area contributed by atoms with Crippen LogP contribution in [-0.4, -0.2) is 13.1 Å². The third-order valence-corrected chi connectivity index (χ3v) is 4.05. The minimum Gasteiger partial charge on any atom is -0.369 e. The van der Waals surface area contributed by atoms with E-state index < -0.39 is 0 Å². The van der Waals surface area contributed by atoms with Crippen molar-refractivity contribution in [2.45, 2.75) is 12.8 Å². The Morgan fingerprint density at radius 2 is 1.47 bits per heavy atom. The lowest BCUT2D eigenvalue weighted by molar-refractivity contribution is 0.949. The van der Waals surface area contributed by atoms with E-state index in [1.54, 1.807) is 6.07 Å². The van der Waals surface area contributed by atoms with E-state index in [1.165, 1.54) is 0 Å². The van der Waals surface area contributed by atoms with Gasteiger partial charge in [-0.05, 0) is 18.9 Å².